The Morgan fingerprint density at radius 3 is 1.69 bits per heavy atom. The molecule has 0 aliphatic heterocycles. The molecular weight excluding hydrogens is 256 g/mol. The van der Waals surface area contributed by atoms with Crippen LogP contribution in [0.2, 0.25) is 0 Å². The van der Waals surface area contributed by atoms with Gasteiger partial charge in [0.15, 0.2) is 0 Å². The molecule has 0 aromatic heterocycles. The third-order valence-corrected chi connectivity index (χ3v) is 1.11. The molecule has 0 unspecified atom stereocenters. The number of ether oxygens (including phenoxy) is 1. The Hall–Kier alpha value is -1.35. The molecule has 0 saturated heterocycles. The average molecular weight is 258 g/mol. The molecule has 0 atom stereocenters. The zero-order chi connectivity index (χ0) is 13.1. The van der Waals surface area contributed by atoms with E-state index in [-0.39, 0.29) is 0 Å². The number of hydrogen-bond acceptors (Lipinski definition) is 2. The summed E-state index contributed by atoms with van der Waals surface area (Å²) in [6, 6.07) is 0. The van der Waals surface area contributed by atoms with Crippen molar-refractivity contribution in [2.45, 2.75) is 18.5 Å². The first-order chi connectivity index (χ1) is 7.00. The van der Waals surface area contributed by atoms with Crippen molar-refractivity contribution in [3.05, 3.63) is 12.2 Å². The third kappa shape index (κ3) is 4.03. The smallest absolute Gasteiger partial charge is 0.434 e. The highest BCUT2D eigenvalue weighted by atomic mass is 19.4. The quantitative estimate of drug-likeness (QED) is 0.432. The van der Waals surface area contributed by atoms with Gasteiger partial charge in [-0.1, -0.05) is 0 Å². The van der Waals surface area contributed by atoms with Crippen LogP contribution in [0.25, 0.3) is 0 Å². The summed E-state index contributed by atoms with van der Waals surface area (Å²) in [4.78, 5) is 10.2. The van der Waals surface area contributed by atoms with Crippen LogP contribution in [0.3, 0.4) is 0 Å². The van der Waals surface area contributed by atoms with Crippen molar-refractivity contribution < 1.29 is 44.7 Å². The third-order valence-electron chi connectivity index (χ3n) is 1.11. The van der Waals surface area contributed by atoms with Crippen molar-refractivity contribution in [1.82, 2.24) is 0 Å². The van der Waals surface area contributed by atoms with Crippen molar-refractivity contribution >= 4 is 5.97 Å². The van der Waals surface area contributed by atoms with Gasteiger partial charge in [0, 0.05) is 0 Å². The van der Waals surface area contributed by atoms with Gasteiger partial charge in [-0.25, -0.2) is 9.18 Å². The summed E-state index contributed by atoms with van der Waals surface area (Å²) < 4.78 is 96.2. The number of rotatable bonds is 2. The molecule has 10 heteroatoms. The lowest BCUT2D eigenvalue weighted by Crippen LogP contribution is -2.45. The van der Waals surface area contributed by atoms with E-state index in [1.54, 1.807) is 0 Å². The second-order valence-corrected chi connectivity index (χ2v) is 2.33. The predicted octanol–water partition coefficient (Wildman–Crippen LogP) is 2.80. The number of carbonyl (C=O) groups is 1. The molecule has 0 N–H and O–H groups in total. The summed E-state index contributed by atoms with van der Waals surface area (Å²) in [5.41, 5.74) is 0. The van der Waals surface area contributed by atoms with Crippen LogP contribution >= 0.6 is 0 Å². The molecule has 0 radical (unpaired) electrons. The van der Waals surface area contributed by atoms with Gasteiger partial charge in [-0.3, -0.25) is 0 Å². The molecule has 0 aliphatic carbocycles. The molecular formula is C6H2F8O2. The minimum Gasteiger partial charge on any atom is -0.437 e. The molecule has 0 rings (SSSR count). The van der Waals surface area contributed by atoms with Gasteiger partial charge in [-0.05, 0) is 0 Å². The molecule has 0 saturated carbocycles. The van der Waals surface area contributed by atoms with E-state index in [1.807, 2.05) is 0 Å². The van der Waals surface area contributed by atoms with Gasteiger partial charge in [-0.15, -0.1) is 0 Å². The van der Waals surface area contributed by atoms with Gasteiger partial charge >= 0.3 is 18.3 Å². The van der Waals surface area contributed by atoms with E-state index in [0.29, 0.717) is 0 Å². The van der Waals surface area contributed by atoms with Crippen LogP contribution in [0.15, 0.2) is 12.2 Å². The molecule has 2 nitrogen and oxygen atoms in total. The highest BCUT2D eigenvalue weighted by molar-refractivity contribution is 5.85. The van der Waals surface area contributed by atoms with Crippen molar-refractivity contribution in [3.63, 3.8) is 0 Å². The van der Waals surface area contributed by atoms with E-state index in [1.165, 1.54) is 0 Å². The average Bonchev–Trinajstić information content (AvgIpc) is 2.08. The minimum atomic E-state index is -5.97. The summed E-state index contributed by atoms with van der Waals surface area (Å²) >= 11 is 0. The molecule has 0 aromatic carbocycles. The fourth-order valence-corrected chi connectivity index (χ4v) is 0.527. The summed E-state index contributed by atoms with van der Waals surface area (Å²) in [5.74, 6) is -5.19. The Kier molecular flexibility index (Phi) is 4.27. The monoisotopic (exact) mass is 258 g/mol. The van der Waals surface area contributed by atoms with Crippen LogP contribution in [0.5, 0.6) is 0 Å². The highest BCUT2D eigenvalue weighted by Crippen LogP contribution is 2.36. The van der Waals surface area contributed by atoms with Gasteiger partial charge in [0.1, 0.15) is 6.33 Å². The number of hydrogen-bond donors (Lipinski definition) is 0. The fraction of sp³-hybridized carbons (Fsp3) is 0.500. The van der Waals surface area contributed by atoms with Crippen LogP contribution in [0.1, 0.15) is 0 Å². The van der Waals surface area contributed by atoms with Crippen LogP contribution < -0.4 is 0 Å². The highest BCUT2D eigenvalue weighted by Gasteiger charge is 2.60. The second-order valence-electron chi connectivity index (χ2n) is 2.33. The van der Waals surface area contributed by atoms with E-state index in [9.17, 15) is 39.9 Å². The maximum atomic E-state index is 11.9. The van der Waals surface area contributed by atoms with E-state index in [0.717, 1.165) is 0 Å². The topological polar surface area (TPSA) is 26.3 Å². The number of carbonyl (C=O) groups excluding carboxylic acids is 1. The maximum absolute atomic E-state index is 11.9. The van der Waals surface area contributed by atoms with Gasteiger partial charge < -0.3 is 4.74 Å². The van der Waals surface area contributed by atoms with Crippen LogP contribution in [0.4, 0.5) is 35.1 Å². The zero-order valence-electron chi connectivity index (χ0n) is 6.99. The van der Waals surface area contributed by atoms with E-state index < -0.39 is 36.6 Å². The standard InChI is InChI=1S/C6H2F8O2/c7-1-2(8)3(15)16-4(5(9,10)11)6(12,13)14/h1,4H. The Morgan fingerprint density at radius 2 is 1.44 bits per heavy atom. The largest absolute Gasteiger partial charge is 0.437 e. The fourth-order valence-electron chi connectivity index (χ4n) is 0.527. The van der Waals surface area contributed by atoms with Gasteiger partial charge in [0.05, 0.1) is 0 Å². The first kappa shape index (κ1) is 14.7. The lowest BCUT2D eigenvalue weighted by molar-refractivity contribution is -0.312. The lowest BCUT2D eigenvalue weighted by atomic mass is 10.3. The molecule has 0 aliphatic rings. The molecule has 0 spiro atoms. The van der Waals surface area contributed by atoms with Crippen molar-refractivity contribution in [1.29, 1.82) is 0 Å². The van der Waals surface area contributed by atoms with Crippen LogP contribution in [-0.2, 0) is 9.53 Å². The summed E-state index contributed by atoms with van der Waals surface area (Å²) in [5, 5.41) is 0. The predicted molar refractivity (Wildman–Crippen MR) is 32.3 cm³/mol. The molecule has 0 fully saturated rings. The molecule has 0 heterocycles. The van der Waals surface area contributed by atoms with Gasteiger partial charge in [0.25, 0.3) is 6.10 Å². The van der Waals surface area contributed by atoms with Gasteiger partial charge in [0.2, 0.25) is 5.83 Å². The maximum Gasteiger partial charge on any atom is 0.434 e. The SMILES string of the molecule is O=C(OC(C(F)(F)F)C(F)(F)F)C(F)=CF. The van der Waals surface area contributed by atoms with Crippen molar-refractivity contribution in [2.75, 3.05) is 0 Å². The number of alkyl halides is 6. The lowest BCUT2D eigenvalue weighted by Gasteiger charge is -2.22. The van der Waals surface area contributed by atoms with Crippen LogP contribution in [0, 0.1) is 0 Å². The van der Waals surface area contributed by atoms with Crippen molar-refractivity contribution in [3.8, 4) is 0 Å². The molecule has 0 bridgehead atoms. The van der Waals surface area contributed by atoms with E-state index >= 15 is 0 Å². The minimum absolute atomic E-state index is 1.12. The Labute approximate surface area is 82.5 Å². The Bertz CT molecular complexity index is 274. The summed E-state index contributed by atoms with van der Waals surface area (Å²) in [6.45, 7) is 0. The molecule has 0 aromatic rings. The van der Waals surface area contributed by atoms with Gasteiger partial charge in [-0.2, -0.15) is 30.7 Å². The van der Waals surface area contributed by atoms with Crippen molar-refractivity contribution in [2.24, 2.45) is 0 Å². The van der Waals surface area contributed by atoms with E-state index in [2.05, 4.69) is 4.74 Å². The first-order valence-corrected chi connectivity index (χ1v) is 3.30. The first-order valence-electron chi connectivity index (χ1n) is 3.30. The van der Waals surface area contributed by atoms with E-state index in [4.69, 9.17) is 0 Å². The number of esters is 1. The molecule has 0 amide bonds. The normalized spacial score (nSPS) is 14.2. The summed E-state index contributed by atoms with van der Waals surface area (Å²) in [6.07, 6.45) is -17.6. The number of halogens is 8. The zero-order valence-corrected chi connectivity index (χ0v) is 6.99. The molecule has 94 valence electrons. The Morgan fingerprint density at radius 1 is 1.06 bits per heavy atom. The Balaban J connectivity index is 4.92. The second kappa shape index (κ2) is 4.66. The molecule has 16 heavy (non-hydrogen) atoms. The van der Waals surface area contributed by atoms with Crippen LogP contribution in [-0.4, -0.2) is 24.4 Å². The summed E-state index contributed by atoms with van der Waals surface area (Å²) in [7, 11) is 0.